The first-order valence-corrected chi connectivity index (χ1v) is 8.80. The first kappa shape index (κ1) is 16.7. The van der Waals surface area contributed by atoms with Crippen LogP contribution >= 0.6 is 0 Å². The van der Waals surface area contributed by atoms with Crippen LogP contribution in [0.5, 0.6) is 0 Å². The fourth-order valence-electron chi connectivity index (χ4n) is 3.33. The van der Waals surface area contributed by atoms with Crippen LogP contribution in [0.25, 0.3) is 5.82 Å². The zero-order valence-corrected chi connectivity index (χ0v) is 15.0. The molecule has 0 spiro atoms. The number of aliphatic hydroxyl groups is 1. The van der Waals surface area contributed by atoms with E-state index in [1.54, 1.807) is 10.9 Å². The molecule has 0 aliphatic carbocycles. The van der Waals surface area contributed by atoms with E-state index in [1.165, 1.54) is 0 Å². The predicted octanol–water partition coefficient (Wildman–Crippen LogP) is 2.16. The van der Waals surface area contributed by atoms with E-state index >= 15 is 0 Å². The van der Waals surface area contributed by atoms with Gasteiger partial charge in [-0.1, -0.05) is 6.07 Å². The summed E-state index contributed by atoms with van der Waals surface area (Å²) in [6, 6.07) is 7.73. The Labute approximate surface area is 152 Å². The van der Waals surface area contributed by atoms with E-state index in [2.05, 4.69) is 25.0 Å². The summed E-state index contributed by atoms with van der Waals surface area (Å²) < 4.78 is 1.73. The Balaban J connectivity index is 1.54. The smallest absolute Gasteiger partial charge is 0.159 e. The standard InChI is InChI=1S/C19H22N6O/c1-14-4-5-16(20-13-14)19(26)6-10-24(11-7-19)17-12-18(23-15(2)22-17)25-9-3-8-21-25/h3-5,8-9,12-13,26H,6-7,10-11H2,1-2H3. The Hall–Kier alpha value is -2.80. The molecule has 0 radical (unpaired) electrons. The van der Waals surface area contributed by atoms with E-state index in [4.69, 9.17) is 0 Å². The predicted molar refractivity (Wildman–Crippen MR) is 98.2 cm³/mol. The van der Waals surface area contributed by atoms with Crippen LogP contribution in [0.2, 0.25) is 0 Å². The maximum Gasteiger partial charge on any atom is 0.159 e. The number of piperidine rings is 1. The first-order valence-electron chi connectivity index (χ1n) is 8.80. The number of anilines is 1. The molecule has 7 heteroatoms. The summed E-state index contributed by atoms with van der Waals surface area (Å²) in [5.41, 5.74) is 0.966. The van der Waals surface area contributed by atoms with Crippen molar-refractivity contribution < 1.29 is 5.11 Å². The lowest BCUT2D eigenvalue weighted by molar-refractivity contribution is 0.00748. The quantitative estimate of drug-likeness (QED) is 0.780. The minimum absolute atomic E-state index is 0.614. The van der Waals surface area contributed by atoms with Crippen molar-refractivity contribution in [1.29, 1.82) is 0 Å². The summed E-state index contributed by atoms with van der Waals surface area (Å²) >= 11 is 0. The number of pyridine rings is 1. The number of aromatic nitrogens is 5. The minimum Gasteiger partial charge on any atom is -0.383 e. The second-order valence-corrected chi connectivity index (χ2v) is 6.82. The third-order valence-corrected chi connectivity index (χ3v) is 4.85. The number of rotatable bonds is 3. The van der Waals surface area contributed by atoms with Crippen molar-refractivity contribution in [2.45, 2.75) is 32.3 Å². The third-order valence-electron chi connectivity index (χ3n) is 4.85. The van der Waals surface area contributed by atoms with Gasteiger partial charge in [-0.25, -0.2) is 14.6 Å². The van der Waals surface area contributed by atoms with Gasteiger partial charge in [0.05, 0.1) is 5.69 Å². The topological polar surface area (TPSA) is 80.0 Å². The van der Waals surface area contributed by atoms with Crippen molar-refractivity contribution in [2.24, 2.45) is 0 Å². The number of hydrogen-bond acceptors (Lipinski definition) is 6. The Morgan fingerprint density at radius 2 is 1.85 bits per heavy atom. The van der Waals surface area contributed by atoms with Crippen LogP contribution in [0.15, 0.2) is 42.9 Å². The molecule has 134 valence electrons. The van der Waals surface area contributed by atoms with Crippen molar-refractivity contribution >= 4 is 5.82 Å². The van der Waals surface area contributed by atoms with Crippen LogP contribution in [0.1, 0.15) is 29.9 Å². The number of aryl methyl sites for hydroxylation is 2. The molecule has 0 aromatic carbocycles. The van der Waals surface area contributed by atoms with Gasteiger partial charge in [-0.15, -0.1) is 0 Å². The van der Waals surface area contributed by atoms with Gasteiger partial charge in [-0.3, -0.25) is 4.98 Å². The molecular formula is C19H22N6O. The van der Waals surface area contributed by atoms with Crippen LogP contribution in [0.3, 0.4) is 0 Å². The molecule has 0 unspecified atom stereocenters. The van der Waals surface area contributed by atoms with Gasteiger partial charge >= 0.3 is 0 Å². The molecule has 1 fully saturated rings. The molecule has 7 nitrogen and oxygen atoms in total. The molecule has 3 aromatic heterocycles. The van der Waals surface area contributed by atoms with Crippen molar-refractivity contribution in [1.82, 2.24) is 24.7 Å². The van der Waals surface area contributed by atoms with Gasteiger partial charge in [0.1, 0.15) is 17.2 Å². The summed E-state index contributed by atoms with van der Waals surface area (Å²) in [6.07, 6.45) is 6.63. The second-order valence-electron chi connectivity index (χ2n) is 6.82. The van der Waals surface area contributed by atoms with Gasteiger partial charge in [-0.05, 0) is 44.4 Å². The molecular weight excluding hydrogens is 328 g/mol. The normalized spacial score (nSPS) is 16.7. The lowest BCUT2D eigenvalue weighted by atomic mass is 9.87. The molecule has 4 heterocycles. The molecule has 1 saturated heterocycles. The highest BCUT2D eigenvalue weighted by molar-refractivity contribution is 5.45. The average molecular weight is 350 g/mol. The maximum atomic E-state index is 11.0. The summed E-state index contributed by atoms with van der Waals surface area (Å²) in [6.45, 7) is 5.30. The summed E-state index contributed by atoms with van der Waals surface area (Å²) in [4.78, 5) is 15.6. The van der Waals surface area contributed by atoms with Crippen LogP contribution in [0, 0.1) is 13.8 Å². The third kappa shape index (κ3) is 3.17. The summed E-state index contributed by atoms with van der Waals surface area (Å²) in [5.74, 6) is 2.31. The monoisotopic (exact) mass is 350 g/mol. The summed E-state index contributed by atoms with van der Waals surface area (Å²) in [5, 5.41) is 15.3. The van der Waals surface area contributed by atoms with Crippen molar-refractivity contribution in [2.75, 3.05) is 18.0 Å². The number of nitrogens with zero attached hydrogens (tertiary/aromatic N) is 6. The molecule has 0 bridgehead atoms. The lowest BCUT2D eigenvalue weighted by Crippen LogP contribution is -2.43. The van der Waals surface area contributed by atoms with E-state index in [0.29, 0.717) is 31.8 Å². The van der Waals surface area contributed by atoms with Crippen molar-refractivity contribution in [3.05, 3.63) is 59.9 Å². The fraction of sp³-hybridized carbons (Fsp3) is 0.368. The molecule has 0 atom stereocenters. The largest absolute Gasteiger partial charge is 0.383 e. The van der Waals surface area contributed by atoms with Crippen LogP contribution in [-0.4, -0.2) is 42.9 Å². The van der Waals surface area contributed by atoms with Crippen LogP contribution in [-0.2, 0) is 5.60 Å². The molecule has 0 amide bonds. The highest BCUT2D eigenvalue weighted by atomic mass is 16.3. The Morgan fingerprint density at radius 1 is 1.08 bits per heavy atom. The molecule has 1 N–H and O–H groups in total. The summed E-state index contributed by atoms with van der Waals surface area (Å²) in [7, 11) is 0. The van der Waals surface area contributed by atoms with E-state index in [9.17, 15) is 5.11 Å². The zero-order valence-electron chi connectivity index (χ0n) is 15.0. The highest BCUT2D eigenvalue weighted by Gasteiger charge is 2.35. The Bertz CT molecular complexity index is 883. The molecule has 26 heavy (non-hydrogen) atoms. The van der Waals surface area contributed by atoms with Gasteiger partial charge in [-0.2, -0.15) is 5.10 Å². The van der Waals surface area contributed by atoms with Gasteiger partial charge in [0, 0.05) is 37.7 Å². The van der Waals surface area contributed by atoms with Gasteiger partial charge in [0.15, 0.2) is 5.82 Å². The Kier molecular flexibility index (Phi) is 4.16. The van der Waals surface area contributed by atoms with E-state index in [0.717, 1.165) is 22.9 Å². The van der Waals surface area contributed by atoms with E-state index in [-0.39, 0.29) is 0 Å². The number of hydrogen-bond donors (Lipinski definition) is 1. The van der Waals surface area contributed by atoms with Gasteiger partial charge in [0.2, 0.25) is 0 Å². The van der Waals surface area contributed by atoms with E-state index < -0.39 is 5.60 Å². The Morgan fingerprint density at radius 3 is 2.50 bits per heavy atom. The molecule has 3 aromatic rings. The van der Waals surface area contributed by atoms with Crippen LogP contribution < -0.4 is 4.90 Å². The molecule has 1 aliphatic heterocycles. The fourth-order valence-corrected chi connectivity index (χ4v) is 3.33. The second kappa shape index (κ2) is 6.49. The van der Waals surface area contributed by atoms with Gasteiger partial charge < -0.3 is 10.0 Å². The molecule has 1 aliphatic rings. The lowest BCUT2D eigenvalue weighted by Gasteiger charge is -2.38. The average Bonchev–Trinajstić information content (AvgIpc) is 3.17. The molecule has 4 rings (SSSR count). The first-order chi connectivity index (χ1) is 12.5. The van der Waals surface area contributed by atoms with E-state index in [1.807, 2.05) is 50.5 Å². The van der Waals surface area contributed by atoms with Crippen molar-refractivity contribution in [3.63, 3.8) is 0 Å². The van der Waals surface area contributed by atoms with Crippen molar-refractivity contribution in [3.8, 4) is 5.82 Å². The van der Waals surface area contributed by atoms with Crippen LogP contribution in [0.4, 0.5) is 5.82 Å². The SMILES string of the molecule is Cc1ccc(C2(O)CCN(c3cc(-n4cccn4)nc(C)n3)CC2)nc1. The highest BCUT2D eigenvalue weighted by Crippen LogP contribution is 2.33. The maximum absolute atomic E-state index is 11.0. The molecule has 0 saturated carbocycles. The zero-order chi connectivity index (χ0) is 18.1. The van der Waals surface area contributed by atoms with Gasteiger partial charge in [0.25, 0.3) is 0 Å². The minimum atomic E-state index is -0.878.